The molecule has 0 fully saturated rings. The molecular weight excluding hydrogens is 362 g/mol. The number of hydrogen-bond acceptors (Lipinski definition) is 5. The van der Waals surface area contributed by atoms with Gasteiger partial charge in [0.05, 0.1) is 11.3 Å². The molecule has 138 valence electrons. The van der Waals surface area contributed by atoms with Gasteiger partial charge >= 0.3 is 5.97 Å². The maximum absolute atomic E-state index is 12.4. The molecule has 0 radical (unpaired) electrons. The van der Waals surface area contributed by atoms with Crippen molar-refractivity contribution in [2.24, 2.45) is 0 Å². The van der Waals surface area contributed by atoms with E-state index in [-0.39, 0.29) is 18.1 Å². The molecule has 0 unspecified atom stereocenters. The van der Waals surface area contributed by atoms with E-state index in [1.165, 1.54) is 0 Å². The van der Waals surface area contributed by atoms with Gasteiger partial charge in [-0.2, -0.15) is 8.78 Å². The minimum absolute atomic E-state index is 0.267. The minimum atomic E-state index is -2.48. The smallest absolute Gasteiger partial charge is 0.340 e. The van der Waals surface area contributed by atoms with E-state index >= 15 is 0 Å². The number of likely N-dealkylation sites (N-methyl/N-ethyl adjacent to an activating group) is 1. The van der Waals surface area contributed by atoms with Gasteiger partial charge in [0.25, 0.3) is 11.7 Å². The Kier molecular flexibility index (Phi) is 7.40. The van der Waals surface area contributed by atoms with E-state index in [1.54, 1.807) is 55.5 Å². The number of ether oxygens (including phenoxy) is 1. The van der Waals surface area contributed by atoms with Gasteiger partial charge in [-0.1, -0.05) is 23.9 Å². The van der Waals surface area contributed by atoms with Gasteiger partial charge in [0.2, 0.25) is 0 Å². The standard InChI is InChI=1S/C18H18F2N2O3S/c1-2-21-16(23)11-25-17(24)14-5-3-4-6-15(14)22-12-7-9-13(10-8-12)26-18(19)20/h3-10,18,22H,2,11H2,1H3,(H,21,23). The number of carbonyl (C=O) groups excluding carboxylic acids is 2. The second-order valence-electron chi connectivity index (χ2n) is 5.10. The number of thioether (sulfide) groups is 1. The Hall–Kier alpha value is -2.61. The van der Waals surface area contributed by atoms with E-state index in [1.807, 2.05) is 0 Å². The molecular formula is C18H18F2N2O3S. The van der Waals surface area contributed by atoms with Crippen molar-refractivity contribution >= 4 is 35.0 Å². The summed E-state index contributed by atoms with van der Waals surface area (Å²) >= 11 is 0.462. The number of nitrogens with one attached hydrogen (secondary N) is 2. The molecule has 0 heterocycles. The maximum atomic E-state index is 12.4. The van der Waals surface area contributed by atoms with Gasteiger partial charge in [-0.3, -0.25) is 4.79 Å². The van der Waals surface area contributed by atoms with Gasteiger partial charge in [0, 0.05) is 17.1 Å². The van der Waals surface area contributed by atoms with Gasteiger partial charge in [-0.05, 0) is 43.3 Å². The van der Waals surface area contributed by atoms with Crippen LogP contribution in [0.2, 0.25) is 0 Å². The van der Waals surface area contributed by atoms with Crippen molar-refractivity contribution in [3.63, 3.8) is 0 Å². The zero-order valence-corrected chi connectivity index (χ0v) is 14.8. The highest BCUT2D eigenvalue weighted by atomic mass is 32.2. The van der Waals surface area contributed by atoms with Crippen molar-refractivity contribution in [3.8, 4) is 0 Å². The summed E-state index contributed by atoms with van der Waals surface area (Å²) in [5.74, 6) is -3.49. The van der Waals surface area contributed by atoms with E-state index in [4.69, 9.17) is 4.74 Å². The molecule has 5 nitrogen and oxygen atoms in total. The molecule has 0 saturated heterocycles. The lowest BCUT2D eigenvalue weighted by molar-refractivity contribution is -0.124. The molecule has 8 heteroatoms. The summed E-state index contributed by atoms with van der Waals surface area (Å²) in [6.07, 6.45) is 0. The van der Waals surface area contributed by atoms with E-state index in [9.17, 15) is 18.4 Å². The Bertz CT molecular complexity index is 754. The van der Waals surface area contributed by atoms with Gasteiger partial charge in [0.15, 0.2) is 6.61 Å². The number of alkyl halides is 2. The van der Waals surface area contributed by atoms with Crippen LogP contribution in [-0.2, 0) is 9.53 Å². The second kappa shape index (κ2) is 9.76. The number of amides is 1. The lowest BCUT2D eigenvalue weighted by Gasteiger charge is -2.12. The molecule has 2 rings (SSSR count). The van der Waals surface area contributed by atoms with Crippen LogP contribution in [0.15, 0.2) is 53.4 Å². The van der Waals surface area contributed by atoms with Gasteiger partial charge in [0.1, 0.15) is 0 Å². The molecule has 0 aliphatic heterocycles. The van der Waals surface area contributed by atoms with E-state index in [0.29, 0.717) is 34.6 Å². The number of para-hydroxylation sites is 1. The van der Waals surface area contributed by atoms with Gasteiger partial charge < -0.3 is 15.4 Å². The lowest BCUT2D eigenvalue weighted by Crippen LogP contribution is -2.28. The molecule has 2 aromatic carbocycles. The van der Waals surface area contributed by atoms with E-state index < -0.39 is 11.7 Å². The average Bonchev–Trinajstić information content (AvgIpc) is 2.61. The quantitative estimate of drug-likeness (QED) is 0.534. The van der Waals surface area contributed by atoms with Crippen LogP contribution in [0.25, 0.3) is 0 Å². The molecule has 0 atom stereocenters. The van der Waals surface area contributed by atoms with Crippen LogP contribution < -0.4 is 10.6 Å². The van der Waals surface area contributed by atoms with Crippen molar-refractivity contribution in [2.75, 3.05) is 18.5 Å². The maximum Gasteiger partial charge on any atom is 0.340 e. The summed E-state index contributed by atoms with van der Waals surface area (Å²) in [6.45, 7) is 1.86. The van der Waals surface area contributed by atoms with Crippen LogP contribution in [0, 0.1) is 0 Å². The number of halogens is 2. The third kappa shape index (κ3) is 6.03. The average molecular weight is 380 g/mol. The molecule has 0 spiro atoms. The summed E-state index contributed by atoms with van der Waals surface area (Å²) in [4.78, 5) is 24.1. The predicted molar refractivity (Wildman–Crippen MR) is 97.0 cm³/mol. The number of carbonyl (C=O) groups is 2. The van der Waals surface area contributed by atoms with E-state index in [2.05, 4.69) is 10.6 Å². The molecule has 0 aromatic heterocycles. The highest BCUT2D eigenvalue weighted by Crippen LogP contribution is 2.28. The van der Waals surface area contributed by atoms with Crippen LogP contribution >= 0.6 is 11.8 Å². The van der Waals surface area contributed by atoms with Crippen LogP contribution in [0.3, 0.4) is 0 Å². The summed E-state index contributed by atoms with van der Waals surface area (Å²) in [7, 11) is 0. The Morgan fingerprint density at radius 3 is 2.46 bits per heavy atom. The van der Waals surface area contributed by atoms with Crippen LogP contribution in [-0.4, -0.2) is 30.8 Å². The van der Waals surface area contributed by atoms with Crippen molar-refractivity contribution < 1.29 is 23.1 Å². The van der Waals surface area contributed by atoms with Gasteiger partial charge in [-0.15, -0.1) is 0 Å². The minimum Gasteiger partial charge on any atom is -0.452 e. The van der Waals surface area contributed by atoms with Crippen molar-refractivity contribution in [3.05, 3.63) is 54.1 Å². The first kappa shape index (κ1) is 19.7. The van der Waals surface area contributed by atoms with Gasteiger partial charge in [-0.25, -0.2) is 4.79 Å². The first-order valence-electron chi connectivity index (χ1n) is 7.84. The SMILES string of the molecule is CCNC(=O)COC(=O)c1ccccc1Nc1ccc(SC(F)F)cc1. The molecule has 26 heavy (non-hydrogen) atoms. The summed E-state index contributed by atoms with van der Waals surface area (Å²) in [5, 5.41) is 5.59. The Morgan fingerprint density at radius 2 is 1.81 bits per heavy atom. The number of rotatable bonds is 8. The third-order valence-corrected chi connectivity index (χ3v) is 3.94. The number of hydrogen-bond donors (Lipinski definition) is 2. The second-order valence-corrected chi connectivity index (χ2v) is 6.17. The molecule has 0 aliphatic carbocycles. The molecule has 0 bridgehead atoms. The molecule has 0 aliphatic rings. The van der Waals surface area contributed by atoms with Crippen LogP contribution in [0.4, 0.5) is 20.2 Å². The summed E-state index contributed by atoms with van der Waals surface area (Å²) in [5.41, 5.74) is 1.39. The summed E-state index contributed by atoms with van der Waals surface area (Å²) < 4.78 is 29.7. The Morgan fingerprint density at radius 1 is 1.12 bits per heavy atom. The first-order chi connectivity index (χ1) is 12.5. The van der Waals surface area contributed by atoms with Crippen molar-refractivity contribution in [1.29, 1.82) is 0 Å². The highest BCUT2D eigenvalue weighted by molar-refractivity contribution is 7.99. The largest absolute Gasteiger partial charge is 0.452 e. The Balaban J connectivity index is 2.06. The first-order valence-corrected chi connectivity index (χ1v) is 8.72. The number of esters is 1. The highest BCUT2D eigenvalue weighted by Gasteiger charge is 2.14. The van der Waals surface area contributed by atoms with E-state index in [0.717, 1.165) is 0 Å². The van der Waals surface area contributed by atoms with Crippen molar-refractivity contribution in [2.45, 2.75) is 17.6 Å². The summed E-state index contributed by atoms with van der Waals surface area (Å²) in [6, 6.07) is 13.1. The third-order valence-electron chi connectivity index (χ3n) is 3.21. The number of anilines is 2. The topological polar surface area (TPSA) is 67.4 Å². The van der Waals surface area contributed by atoms with Crippen molar-refractivity contribution in [1.82, 2.24) is 5.32 Å². The normalized spacial score (nSPS) is 10.5. The molecule has 2 aromatic rings. The zero-order chi connectivity index (χ0) is 18.9. The van der Waals surface area contributed by atoms with Crippen LogP contribution in [0.5, 0.6) is 0 Å². The monoisotopic (exact) mass is 380 g/mol. The molecule has 0 saturated carbocycles. The molecule has 2 N–H and O–H groups in total. The fourth-order valence-corrected chi connectivity index (χ4v) is 2.60. The zero-order valence-electron chi connectivity index (χ0n) is 14.0. The van der Waals surface area contributed by atoms with Crippen LogP contribution in [0.1, 0.15) is 17.3 Å². The lowest BCUT2D eigenvalue weighted by atomic mass is 10.1. The number of benzene rings is 2. The fraction of sp³-hybridized carbons (Fsp3) is 0.222. The molecule has 1 amide bonds. The fourth-order valence-electron chi connectivity index (χ4n) is 2.10. The Labute approximate surface area is 154 Å². The predicted octanol–water partition coefficient (Wildman–Crippen LogP) is 4.04.